The van der Waals surface area contributed by atoms with E-state index in [1.807, 2.05) is 4.90 Å². The van der Waals surface area contributed by atoms with Gasteiger partial charge < -0.3 is 15.5 Å². The zero-order valence-corrected chi connectivity index (χ0v) is 16.0. The Bertz CT molecular complexity index is 837. The Hall–Kier alpha value is -2.84. The van der Waals surface area contributed by atoms with Crippen molar-refractivity contribution < 1.29 is 18.4 Å². The van der Waals surface area contributed by atoms with Crippen LogP contribution in [0.3, 0.4) is 0 Å². The fourth-order valence-corrected chi connectivity index (χ4v) is 3.16. The minimum absolute atomic E-state index is 0.139. The summed E-state index contributed by atoms with van der Waals surface area (Å²) in [6.45, 7) is 3.85. The largest absolute Gasteiger partial charge is 0.326 e. The molecule has 8 heteroatoms. The number of benzene rings is 2. The van der Waals surface area contributed by atoms with Crippen LogP contribution in [0.15, 0.2) is 48.5 Å². The van der Waals surface area contributed by atoms with E-state index in [4.69, 9.17) is 0 Å². The first-order valence-electron chi connectivity index (χ1n) is 9.53. The van der Waals surface area contributed by atoms with Gasteiger partial charge in [0.2, 0.25) is 11.8 Å². The first-order chi connectivity index (χ1) is 14.0. The van der Waals surface area contributed by atoms with E-state index >= 15 is 0 Å². The number of piperazine rings is 1. The van der Waals surface area contributed by atoms with E-state index in [0.717, 1.165) is 26.2 Å². The van der Waals surface area contributed by atoms with Crippen LogP contribution < -0.4 is 10.6 Å². The average Bonchev–Trinajstić information content (AvgIpc) is 2.69. The van der Waals surface area contributed by atoms with Crippen LogP contribution in [0, 0.1) is 11.6 Å². The maximum absolute atomic E-state index is 13.2. The molecule has 0 aliphatic carbocycles. The number of nitrogens with zero attached hydrogens (tertiary/aromatic N) is 2. The summed E-state index contributed by atoms with van der Waals surface area (Å²) < 4.78 is 26.1. The Morgan fingerprint density at radius 1 is 0.793 bits per heavy atom. The molecule has 1 saturated heterocycles. The molecule has 1 fully saturated rings. The Morgan fingerprint density at radius 3 is 2.14 bits per heavy atom. The quantitative estimate of drug-likeness (QED) is 0.747. The van der Waals surface area contributed by atoms with Crippen molar-refractivity contribution in [2.75, 3.05) is 49.9 Å². The zero-order chi connectivity index (χ0) is 20.6. The van der Waals surface area contributed by atoms with Gasteiger partial charge in [0.05, 0.1) is 6.54 Å². The molecule has 2 N–H and O–H groups in total. The predicted molar refractivity (Wildman–Crippen MR) is 108 cm³/mol. The van der Waals surface area contributed by atoms with Gasteiger partial charge in [0, 0.05) is 50.5 Å². The van der Waals surface area contributed by atoms with Crippen LogP contribution in [0.2, 0.25) is 0 Å². The molecule has 1 aliphatic rings. The number of carbonyl (C=O) groups excluding carboxylic acids is 2. The molecule has 0 saturated carbocycles. The third kappa shape index (κ3) is 6.92. The summed E-state index contributed by atoms with van der Waals surface area (Å²) in [5.74, 6) is -1.03. The monoisotopic (exact) mass is 402 g/mol. The van der Waals surface area contributed by atoms with Crippen molar-refractivity contribution in [3.8, 4) is 0 Å². The molecule has 29 heavy (non-hydrogen) atoms. The molecule has 0 unspecified atom stereocenters. The molecule has 0 bridgehead atoms. The first-order valence-corrected chi connectivity index (χ1v) is 9.53. The number of carbonyl (C=O) groups is 2. The van der Waals surface area contributed by atoms with E-state index < -0.39 is 0 Å². The fourth-order valence-electron chi connectivity index (χ4n) is 3.16. The van der Waals surface area contributed by atoms with E-state index in [1.165, 1.54) is 36.4 Å². The second kappa shape index (κ2) is 10.1. The van der Waals surface area contributed by atoms with Crippen LogP contribution in [0.4, 0.5) is 20.2 Å². The molecule has 2 aromatic rings. The van der Waals surface area contributed by atoms with Crippen molar-refractivity contribution in [2.45, 2.75) is 6.42 Å². The summed E-state index contributed by atoms with van der Waals surface area (Å²) in [5.41, 5.74) is 1.02. The number of amides is 2. The summed E-state index contributed by atoms with van der Waals surface area (Å²) in [6, 6.07) is 11.5. The summed E-state index contributed by atoms with van der Waals surface area (Å²) in [4.78, 5) is 28.4. The lowest BCUT2D eigenvalue weighted by Crippen LogP contribution is -2.49. The van der Waals surface area contributed by atoms with E-state index in [0.29, 0.717) is 24.3 Å². The standard InChI is InChI=1S/C21H24F2N4O2/c22-16-4-6-18(7-5-16)24-21(29)15-27-12-10-26(11-13-27)9-8-20(28)25-19-3-1-2-17(23)14-19/h1-7,14H,8-13,15H2,(H,24,29)(H,25,28). The van der Waals surface area contributed by atoms with Crippen LogP contribution in [-0.4, -0.2) is 60.9 Å². The predicted octanol–water partition coefficient (Wildman–Crippen LogP) is 2.55. The lowest BCUT2D eigenvalue weighted by atomic mass is 10.2. The number of anilines is 2. The van der Waals surface area contributed by atoms with Gasteiger partial charge in [-0.1, -0.05) is 6.07 Å². The van der Waals surface area contributed by atoms with Crippen molar-refractivity contribution in [3.63, 3.8) is 0 Å². The SMILES string of the molecule is O=C(CCN1CCN(CC(=O)Nc2ccc(F)cc2)CC1)Nc1cccc(F)c1. The average molecular weight is 402 g/mol. The Balaban J connectivity index is 1.34. The molecule has 2 amide bonds. The molecule has 0 aromatic heterocycles. The molecule has 0 atom stereocenters. The highest BCUT2D eigenvalue weighted by atomic mass is 19.1. The molecule has 0 radical (unpaired) electrons. The molecule has 2 aromatic carbocycles. The van der Waals surface area contributed by atoms with Gasteiger partial charge in [-0.25, -0.2) is 8.78 Å². The second-order valence-electron chi connectivity index (χ2n) is 6.98. The molecule has 154 valence electrons. The smallest absolute Gasteiger partial charge is 0.238 e. The highest BCUT2D eigenvalue weighted by Gasteiger charge is 2.19. The maximum atomic E-state index is 13.2. The third-order valence-electron chi connectivity index (χ3n) is 4.72. The number of halogens is 2. The molecule has 3 rings (SSSR count). The summed E-state index contributed by atoms with van der Waals surface area (Å²) in [5, 5.41) is 5.45. The van der Waals surface area contributed by atoms with Crippen molar-refractivity contribution in [2.24, 2.45) is 0 Å². The van der Waals surface area contributed by atoms with Crippen molar-refractivity contribution in [1.82, 2.24) is 9.80 Å². The minimum Gasteiger partial charge on any atom is -0.326 e. The van der Waals surface area contributed by atoms with Crippen LogP contribution in [0.1, 0.15) is 6.42 Å². The fraction of sp³-hybridized carbons (Fsp3) is 0.333. The van der Waals surface area contributed by atoms with Gasteiger partial charge in [0.15, 0.2) is 0 Å². The first kappa shape index (κ1) is 20.9. The molecular formula is C21H24F2N4O2. The number of rotatable bonds is 7. The van der Waals surface area contributed by atoms with E-state index in [9.17, 15) is 18.4 Å². The Kier molecular flexibility index (Phi) is 7.26. The summed E-state index contributed by atoms with van der Waals surface area (Å²) in [7, 11) is 0. The van der Waals surface area contributed by atoms with Crippen molar-refractivity contribution >= 4 is 23.2 Å². The van der Waals surface area contributed by atoms with Gasteiger partial charge in [0.25, 0.3) is 0 Å². The van der Waals surface area contributed by atoms with E-state index in [1.54, 1.807) is 12.1 Å². The molecule has 1 heterocycles. The van der Waals surface area contributed by atoms with Crippen LogP contribution in [0.5, 0.6) is 0 Å². The van der Waals surface area contributed by atoms with Gasteiger partial charge in [-0.15, -0.1) is 0 Å². The normalized spacial score (nSPS) is 15.1. The summed E-state index contributed by atoms with van der Waals surface area (Å²) >= 11 is 0. The number of nitrogens with one attached hydrogen (secondary N) is 2. The number of hydrogen-bond acceptors (Lipinski definition) is 4. The summed E-state index contributed by atoms with van der Waals surface area (Å²) in [6.07, 6.45) is 0.321. The minimum atomic E-state index is -0.387. The van der Waals surface area contributed by atoms with E-state index in [-0.39, 0.29) is 30.0 Å². The maximum Gasteiger partial charge on any atom is 0.238 e. The zero-order valence-electron chi connectivity index (χ0n) is 16.0. The highest BCUT2D eigenvalue weighted by Crippen LogP contribution is 2.11. The molecule has 1 aliphatic heterocycles. The topological polar surface area (TPSA) is 64.7 Å². The van der Waals surface area contributed by atoms with Gasteiger partial charge in [0.1, 0.15) is 11.6 Å². The van der Waals surface area contributed by atoms with Crippen LogP contribution in [0.25, 0.3) is 0 Å². The van der Waals surface area contributed by atoms with Gasteiger partial charge in [-0.2, -0.15) is 0 Å². The van der Waals surface area contributed by atoms with Crippen LogP contribution in [-0.2, 0) is 9.59 Å². The molecular weight excluding hydrogens is 378 g/mol. The molecule has 0 spiro atoms. The Morgan fingerprint density at radius 2 is 1.45 bits per heavy atom. The number of hydrogen-bond donors (Lipinski definition) is 2. The Labute approximate surface area is 168 Å². The second-order valence-corrected chi connectivity index (χ2v) is 6.98. The van der Waals surface area contributed by atoms with Gasteiger partial charge >= 0.3 is 0 Å². The van der Waals surface area contributed by atoms with Gasteiger partial charge in [-0.05, 0) is 42.5 Å². The third-order valence-corrected chi connectivity index (χ3v) is 4.72. The lowest BCUT2D eigenvalue weighted by Gasteiger charge is -2.34. The van der Waals surface area contributed by atoms with Crippen LogP contribution >= 0.6 is 0 Å². The van der Waals surface area contributed by atoms with Crippen molar-refractivity contribution in [1.29, 1.82) is 0 Å². The highest BCUT2D eigenvalue weighted by molar-refractivity contribution is 5.92. The van der Waals surface area contributed by atoms with E-state index in [2.05, 4.69) is 15.5 Å². The van der Waals surface area contributed by atoms with Crippen molar-refractivity contribution in [3.05, 3.63) is 60.2 Å². The van der Waals surface area contributed by atoms with Gasteiger partial charge in [-0.3, -0.25) is 14.5 Å². The lowest BCUT2D eigenvalue weighted by molar-refractivity contribution is -0.117. The molecule has 6 nitrogen and oxygen atoms in total.